The highest BCUT2D eigenvalue weighted by Crippen LogP contribution is 2.25. The number of aliphatic hydroxyl groups is 1. The van der Waals surface area contributed by atoms with Gasteiger partial charge in [-0.3, -0.25) is 0 Å². The molecule has 20 heavy (non-hydrogen) atoms. The van der Waals surface area contributed by atoms with Crippen LogP contribution in [0.5, 0.6) is 5.75 Å². The van der Waals surface area contributed by atoms with Gasteiger partial charge in [0.05, 0.1) is 6.10 Å². The van der Waals surface area contributed by atoms with Crippen molar-refractivity contribution in [3.05, 3.63) is 63.4 Å². The Morgan fingerprint density at radius 2 is 1.95 bits per heavy atom. The molecule has 0 spiro atoms. The normalized spacial score (nSPS) is 12.2. The van der Waals surface area contributed by atoms with Crippen molar-refractivity contribution in [3.8, 4) is 5.75 Å². The molecule has 0 bridgehead atoms. The van der Waals surface area contributed by atoms with Crippen LogP contribution in [0, 0.1) is 5.82 Å². The monoisotopic (exact) mass is 314 g/mol. The van der Waals surface area contributed by atoms with Crippen LogP contribution >= 0.6 is 23.2 Å². The molecule has 0 fully saturated rings. The molecule has 0 aliphatic carbocycles. The van der Waals surface area contributed by atoms with Gasteiger partial charge in [-0.2, -0.15) is 0 Å². The molecule has 5 heteroatoms. The van der Waals surface area contributed by atoms with Crippen molar-refractivity contribution < 1.29 is 14.2 Å². The highest BCUT2D eigenvalue weighted by molar-refractivity contribution is 6.35. The van der Waals surface area contributed by atoms with Gasteiger partial charge in [0.15, 0.2) is 11.6 Å². The second kappa shape index (κ2) is 6.44. The Morgan fingerprint density at radius 3 is 2.55 bits per heavy atom. The molecule has 0 heterocycles. The number of benzene rings is 2. The maximum Gasteiger partial charge on any atom is 0.165 e. The van der Waals surface area contributed by atoms with E-state index in [0.717, 1.165) is 5.56 Å². The van der Waals surface area contributed by atoms with Gasteiger partial charge in [0.2, 0.25) is 0 Å². The Bertz CT molecular complexity index is 615. The topological polar surface area (TPSA) is 29.5 Å². The smallest absolute Gasteiger partial charge is 0.165 e. The van der Waals surface area contributed by atoms with Crippen molar-refractivity contribution in [2.24, 2.45) is 0 Å². The summed E-state index contributed by atoms with van der Waals surface area (Å²) in [6, 6.07) is 9.39. The molecule has 1 atom stereocenters. The van der Waals surface area contributed by atoms with E-state index in [-0.39, 0.29) is 12.4 Å². The fourth-order valence-electron chi connectivity index (χ4n) is 1.69. The lowest BCUT2D eigenvalue weighted by Crippen LogP contribution is -2.00. The van der Waals surface area contributed by atoms with Gasteiger partial charge in [-0.05, 0) is 36.8 Å². The van der Waals surface area contributed by atoms with Gasteiger partial charge < -0.3 is 9.84 Å². The highest BCUT2D eigenvalue weighted by Gasteiger charge is 2.09. The lowest BCUT2D eigenvalue weighted by Gasteiger charge is -2.11. The summed E-state index contributed by atoms with van der Waals surface area (Å²) in [6.07, 6.45) is -0.718. The zero-order chi connectivity index (χ0) is 14.7. The van der Waals surface area contributed by atoms with Gasteiger partial charge in [0, 0.05) is 15.6 Å². The standard InChI is InChI=1S/C15H13Cl2FO2/c1-9(19)10-3-5-15(14(18)6-10)20-8-11-2-4-12(16)7-13(11)17/h2-7,9,19H,8H2,1H3. The van der Waals surface area contributed by atoms with E-state index >= 15 is 0 Å². The molecule has 106 valence electrons. The van der Waals surface area contributed by atoms with Crippen LogP contribution in [0.3, 0.4) is 0 Å². The SMILES string of the molecule is CC(O)c1ccc(OCc2ccc(Cl)cc2Cl)c(F)c1. The summed E-state index contributed by atoms with van der Waals surface area (Å²) in [5.74, 6) is -0.408. The molecule has 2 rings (SSSR count). The Morgan fingerprint density at radius 1 is 1.20 bits per heavy atom. The lowest BCUT2D eigenvalue weighted by molar-refractivity contribution is 0.198. The highest BCUT2D eigenvalue weighted by atomic mass is 35.5. The fraction of sp³-hybridized carbons (Fsp3) is 0.200. The average Bonchev–Trinajstić information content (AvgIpc) is 2.38. The van der Waals surface area contributed by atoms with Gasteiger partial charge in [-0.1, -0.05) is 35.3 Å². The van der Waals surface area contributed by atoms with Crippen LogP contribution in [0.1, 0.15) is 24.2 Å². The van der Waals surface area contributed by atoms with Crippen LogP contribution in [-0.4, -0.2) is 5.11 Å². The first-order chi connectivity index (χ1) is 9.47. The largest absolute Gasteiger partial charge is 0.486 e. The first-order valence-corrected chi connectivity index (χ1v) is 6.77. The molecule has 0 saturated heterocycles. The Balaban J connectivity index is 2.11. The van der Waals surface area contributed by atoms with E-state index < -0.39 is 11.9 Å². The van der Waals surface area contributed by atoms with E-state index in [4.69, 9.17) is 27.9 Å². The summed E-state index contributed by atoms with van der Waals surface area (Å²) < 4.78 is 19.2. The van der Waals surface area contributed by atoms with E-state index in [1.165, 1.54) is 12.1 Å². The Labute approximate surface area is 126 Å². The first kappa shape index (κ1) is 15.1. The molecular formula is C15H13Cl2FO2. The fourth-order valence-corrected chi connectivity index (χ4v) is 2.15. The van der Waals surface area contributed by atoms with Crippen LogP contribution in [0.4, 0.5) is 4.39 Å². The van der Waals surface area contributed by atoms with Gasteiger partial charge in [0.1, 0.15) is 6.61 Å². The van der Waals surface area contributed by atoms with Crippen LogP contribution < -0.4 is 4.74 Å². The molecule has 2 aromatic carbocycles. The summed E-state index contributed by atoms with van der Waals surface area (Å²) in [4.78, 5) is 0. The number of hydrogen-bond donors (Lipinski definition) is 1. The van der Waals surface area contributed by atoms with E-state index in [2.05, 4.69) is 0 Å². The van der Waals surface area contributed by atoms with Crippen LogP contribution in [0.25, 0.3) is 0 Å². The van der Waals surface area contributed by atoms with Crippen molar-refractivity contribution in [1.82, 2.24) is 0 Å². The van der Waals surface area contributed by atoms with E-state index in [1.54, 1.807) is 31.2 Å². The molecule has 0 amide bonds. The number of rotatable bonds is 4. The molecule has 0 aliphatic heterocycles. The molecule has 1 unspecified atom stereocenters. The third-order valence-electron chi connectivity index (χ3n) is 2.84. The summed E-state index contributed by atoms with van der Waals surface area (Å²) >= 11 is 11.8. The van der Waals surface area contributed by atoms with E-state index in [1.807, 2.05) is 0 Å². The Kier molecular flexibility index (Phi) is 4.86. The molecular weight excluding hydrogens is 302 g/mol. The van der Waals surface area contributed by atoms with Crippen LogP contribution in [0.2, 0.25) is 10.0 Å². The Hall–Kier alpha value is -1.29. The molecule has 0 aromatic heterocycles. The molecule has 2 aromatic rings. The number of halogens is 3. The molecule has 2 nitrogen and oxygen atoms in total. The summed E-state index contributed by atoms with van der Waals surface area (Å²) in [5, 5.41) is 10.4. The summed E-state index contributed by atoms with van der Waals surface area (Å²) in [5.41, 5.74) is 1.22. The summed E-state index contributed by atoms with van der Waals surface area (Å²) in [6.45, 7) is 1.71. The zero-order valence-electron chi connectivity index (χ0n) is 10.7. The van der Waals surface area contributed by atoms with Crippen molar-refractivity contribution in [2.45, 2.75) is 19.6 Å². The van der Waals surface area contributed by atoms with Crippen molar-refractivity contribution in [1.29, 1.82) is 0 Å². The molecule has 0 aliphatic rings. The van der Waals surface area contributed by atoms with Gasteiger partial charge in [-0.25, -0.2) is 4.39 Å². The lowest BCUT2D eigenvalue weighted by atomic mass is 10.1. The quantitative estimate of drug-likeness (QED) is 0.881. The van der Waals surface area contributed by atoms with Crippen LogP contribution in [0.15, 0.2) is 36.4 Å². The number of hydrogen-bond acceptors (Lipinski definition) is 2. The summed E-state index contributed by atoms with van der Waals surface area (Å²) in [7, 11) is 0. The van der Waals surface area contributed by atoms with E-state index in [0.29, 0.717) is 15.6 Å². The third kappa shape index (κ3) is 3.63. The minimum absolute atomic E-state index is 0.111. The van der Waals surface area contributed by atoms with Crippen molar-refractivity contribution in [3.63, 3.8) is 0 Å². The second-order valence-corrected chi connectivity index (χ2v) is 5.23. The van der Waals surface area contributed by atoms with Crippen LogP contribution in [-0.2, 0) is 6.61 Å². The third-order valence-corrected chi connectivity index (χ3v) is 3.42. The van der Waals surface area contributed by atoms with E-state index in [9.17, 15) is 9.50 Å². The minimum atomic E-state index is -0.718. The minimum Gasteiger partial charge on any atom is -0.486 e. The molecule has 0 saturated carbocycles. The van der Waals surface area contributed by atoms with Crippen molar-refractivity contribution in [2.75, 3.05) is 0 Å². The predicted molar refractivity (Wildman–Crippen MR) is 77.8 cm³/mol. The molecule has 1 N–H and O–H groups in total. The molecule has 0 radical (unpaired) electrons. The maximum atomic E-state index is 13.8. The predicted octanol–water partition coefficient (Wildman–Crippen LogP) is 4.76. The maximum absolute atomic E-state index is 13.8. The second-order valence-electron chi connectivity index (χ2n) is 4.39. The van der Waals surface area contributed by atoms with Gasteiger partial charge in [-0.15, -0.1) is 0 Å². The average molecular weight is 315 g/mol. The van der Waals surface area contributed by atoms with Crippen molar-refractivity contribution >= 4 is 23.2 Å². The number of ether oxygens (including phenoxy) is 1. The zero-order valence-corrected chi connectivity index (χ0v) is 12.2. The first-order valence-electron chi connectivity index (χ1n) is 6.01. The van der Waals surface area contributed by atoms with Gasteiger partial charge in [0.25, 0.3) is 0 Å². The number of aliphatic hydroxyl groups excluding tert-OH is 1. The van der Waals surface area contributed by atoms with Gasteiger partial charge >= 0.3 is 0 Å².